The molecule has 8 heteroatoms. The maximum absolute atomic E-state index is 12.3. The number of nitrogens with one attached hydrogen (secondary N) is 1. The van der Waals surface area contributed by atoms with E-state index in [1.807, 2.05) is 20.8 Å². The Kier molecular flexibility index (Phi) is 6.01. The standard InChI is InChI=1S/C16H26F2N4O2/c1-16(2,3)24-15(23)21-8-4-5-12(6-9-21)19-14-7-10-22(20-14)11-13(17)18/h7,10,12-13H,4-6,8-9,11H2,1-3H3,(H,19,20)/t12-/m1/s1. The van der Waals surface area contributed by atoms with Crippen LogP contribution in [0.1, 0.15) is 40.0 Å². The molecule has 0 unspecified atom stereocenters. The quantitative estimate of drug-likeness (QED) is 0.910. The molecule has 1 atom stereocenters. The number of nitrogens with zero attached hydrogens (tertiary/aromatic N) is 3. The molecule has 0 spiro atoms. The van der Waals surface area contributed by atoms with Crippen LogP contribution in [0, 0.1) is 0 Å². The van der Waals surface area contributed by atoms with Gasteiger partial charge in [-0.3, -0.25) is 4.68 Å². The summed E-state index contributed by atoms with van der Waals surface area (Å²) >= 11 is 0. The van der Waals surface area contributed by atoms with E-state index in [0.717, 1.165) is 19.3 Å². The molecule has 136 valence electrons. The highest BCUT2D eigenvalue weighted by atomic mass is 19.3. The van der Waals surface area contributed by atoms with Crippen LogP contribution in [0.4, 0.5) is 19.4 Å². The highest BCUT2D eigenvalue weighted by Gasteiger charge is 2.25. The van der Waals surface area contributed by atoms with E-state index in [0.29, 0.717) is 18.9 Å². The van der Waals surface area contributed by atoms with Gasteiger partial charge in [0.2, 0.25) is 0 Å². The Morgan fingerprint density at radius 1 is 1.42 bits per heavy atom. The van der Waals surface area contributed by atoms with Crippen LogP contribution in [0.3, 0.4) is 0 Å². The zero-order valence-corrected chi connectivity index (χ0v) is 14.5. The van der Waals surface area contributed by atoms with Crippen LogP contribution in [0.15, 0.2) is 12.3 Å². The number of alkyl halides is 2. The first-order chi connectivity index (χ1) is 11.2. The normalized spacial score (nSPS) is 19.2. The number of amides is 1. The molecule has 24 heavy (non-hydrogen) atoms. The Morgan fingerprint density at radius 2 is 2.17 bits per heavy atom. The molecule has 0 saturated carbocycles. The van der Waals surface area contributed by atoms with E-state index >= 15 is 0 Å². The molecule has 1 N–H and O–H groups in total. The second kappa shape index (κ2) is 7.81. The molecular weight excluding hydrogens is 318 g/mol. The van der Waals surface area contributed by atoms with Crippen molar-refractivity contribution in [2.24, 2.45) is 0 Å². The number of hydrogen-bond acceptors (Lipinski definition) is 4. The maximum Gasteiger partial charge on any atom is 0.410 e. The number of rotatable bonds is 4. The van der Waals surface area contributed by atoms with Crippen molar-refractivity contribution in [3.63, 3.8) is 0 Å². The number of aromatic nitrogens is 2. The summed E-state index contributed by atoms with van der Waals surface area (Å²) in [5.74, 6) is 0.589. The Balaban J connectivity index is 1.84. The first kappa shape index (κ1) is 18.5. The third kappa shape index (κ3) is 5.98. The Labute approximate surface area is 141 Å². The fourth-order valence-corrected chi connectivity index (χ4v) is 2.64. The summed E-state index contributed by atoms with van der Waals surface area (Å²) in [4.78, 5) is 13.9. The Bertz CT molecular complexity index is 542. The van der Waals surface area contributed by atoms with E-state index in [-0.39, 0.29) is 12.1 Å². The highest BCUT2D eigenvalue weighted by molar-refractivity contribution is 5.68. The molecule has 1 aliphatic heterocycles. The van der Waals surface area contributed by atoms with E-state index in [1.165, 1.54) is 10.9 Å². The average molecular weight is 344 g/mol. The van der Waals surface area contributed by atoms with Crippen LogP contribution >= 0.6 is 0 Å². The van der Waals surface area contributed by atoms with Gasteiger partial charge in [-0.05, 0) is 40.0 Å². The predicted molar refractivity (Wildman–Crippen MR) is 87.3 cm³/mol. The predicted octanol–water partition coefficient (Wildman–Crippen LogP) is 3.35. The monoisotopic (exact) mass is 344 g/mol. The molecular formula is C16H26F2N4O2. The second-order valence-corrected chi connectivity index (χ2v) is 7.05. The molecule has 0 radical (unpaired) electrons. The summed E-state index contributed by atoms with van der Waals surface area (Å²) in [6.45, 7) is 6.41. The second-order valence-electron chi connectivity index (χ2n) is 7.05. The SMILES string of the molecule is CC(C)(C)OC(=O)N1CCC[C@@H](Nc2ccn(CC(F)F)n2)CC1. The van der Waals surface area contributed by atoms with E-state index < -0.39 is 18.6 Å². The molecule has 0 aromatic carbocycles. The largest absolute Gasteiger partial charge is 0.444 e. The Morgan fingerprint density at radius 3 is 2.83 bits per heavy atom. The van der Waals surface area contributed by atoms with Crippen molar-refractivity contribution < 1.29 is 18.3 Å². The number of carbonyl (C=O) groups excluding carboxylic acids is 1. The lowest BCUT2D eigenvalue weighted by molar-refractivity contribution is 0.0256. The molecule has 1 aliphatic rings. The molecule has 1 saturated heterocycles. The van der Waals surface area contributed by atoms with Gasteiger partial charge < -0.3 is 15.0 Å². The fraction of sp³-hybridized carbons (Fsp3) is 0.750. The van der Waals surface area contributed by atoms with Gasteiger partial charge in [0, 0.05) is 31.4 Å². The minimum atomic E-state index is -2.42. The molecule has 0 aliphatic carbocycles. The molecule has 2 rings (SSSR count). The zero-order chi connectivity index (χ0) is 17.7. The number of hydrogen-bond donors (Lipinski definition) is 1. The first-order valence-electron chi connectivity index (χ1n) is 8.29. The number of anilines is 1. The van der Waals surface area contributed by atoms with Crippen molar-refractivity contribution in [1.82, 2.24) is 14.7 Å². The molecule has 6 nitrogen and oxygen atoms in total. The fourth-order valence-electron chi connectivity index (χ4n) is 2.64. The topological polar surface area (TPSA) is 59.4 Å². The zero-order valence-electron chi connectivity index (χ0n) is 14.5. The van der Waals surface area contributed by atoms with Crippen LogP contribution in [-0.4, -0.2) is 51.9 Å². The van der Waals surface area contributed by atoms with Crippen molar-refractivity contribution in [3.05, 3.63) is 12.3 Å². The van der Waals surface area contributed by atoms with Gasteiger partial charge in [-0.15, -0.1) is 0 Å². The molecule has 1 aromatic rings. The van der Waals surface area contributed by atoms with E-state index in [2.05, 4.69) is 10.4 Å². The summed E-state index contributed by atoms with van der Waals surface area (Å²) in [5.41, 5.74) is -0.501. The number of likely N-dealkylation sites (tertiary alicyclic amines) is 1. The smallest absolute Gasteiger partial charge is 0.410 e. The number of carbonyl (C=O) groups is 1. The number of halogens is 2. The van der Waals surface area contributed by atoms with Crippen LogP contribution < -0.4 is 5.32 Å². The molecule has 0 bridgehead atoms. The minimum Gasteiger partial charge on any atom is -0.444 e. The van der Waals surface area contributed by atoms with Gasteiger partial charge in [0.25, 0.3) is 6.43 Å². The summed E-state index contributed by atoms with van der Waals surface area (Å²) in [5, 5.41) is 7.36. The van der Waals surface area contributed by atoms with Gasteiger partial charge in [-0.25, -0.2) is 13.6 Å². The van der Waals surface area contributed by atoms with E-state index in [4.69, 9.17) is 4.74 Å². The van der Waals surface area contributed by atoms with Crippen molar-refractivity contribution in [2.45, 2.75) is 64.6 Å². The van der Waals surface area contributed by atoms with Crippen LogP contribution in [0.25, 0.3) is 0 Å². The molecule has 2 heterocycles. The minimum absolute atomic E-state index is 0.160. The van der Waals surface area contributed by atoms with Crippen molar-refractivity contribution >= 4 is 11.9 Å². The van der Waals surface area contributed by atoms with Crippen LogP contribution in [0.5, 0.6) is 0 Å². The summed E-state index contributed by atoms with van der Waals surface area (Å²) in [6.07, 6.45) is 1.34. The first-order valence-corrected chi connectivity index (χ1v) is 8.29. The van der Waals surface area contributed by atoms with Crippen molar-refractivity contribution in [3.8, 4) is 0 Å². The third-order valence-corrected chi connectivity index (χ3v) is 3.70. The summed E-state index contributed by atoms with van der Waals surface area (Å²) < 4.78 is 31.3. The third-order valence-electron chi connectivity index (χ3n) is 3.70. The summed E-state index contributed by atoms with van der Waals surface area (Å²) in [6, 6.07) is 1.85. The molecule has 1 fully saturated rings. The van der Waals surface area contributed by atoms with Gasteiger partial charge in [-0.1, -0.05) is 0 Å². The highest BCUT2D eigenvalue weighted by Crippen LogP contribution is 2.18. The van der Waals surface area contributed by atoms with Gasteiger partial charge in [0.15, 0.2) is 0 Å². The lowest BCUT2D eigenvalue weighted by Gasteiger charge is -2.26. The van der Waals surface area contributed by atoms with E-state index in [1.54, 1.807) is 11.0 Å². The van der Waals surface area contributed by atoms with Gasteiger partial charge in [-0.2, -0.15) is 5.10 Å². The average Bonchev–Trinajstić information content (AvgIpc) is 2.72. The lowest BCUT2D eigenvalue weighted by Crippen LogP contribution is -2.37. The Hall–Kier alpha value is -1.86. The van der Waals surface area contributed by atoms with E-state index in [9.17, 15) is 13.6 Å². The summed E-state index contributed by atoms with van der Waals surface area (Å²) in [7, 11) is 0. The van der Waals surface area contributed by atoms with Gasteiger partial charge >= 0.3 is 6.09 Å². The number of ether oxygens (including phenoxy) is 1. The van der Waals surface area contributed by atoms with Gasteiger partial charge in [0.1, 0.15) is 18.0 Å². The van der Waals surface area contributed by atoms with Crippen LogP contribution in [-0.2, 0) is 11.3 Å². The van der Waals surface area contributed by atoms with Gasteiger partial charge in [0.05, 0.1) is 0 Å². The van der Waals surface area contributed by atoms with Crippen molar-refractivity contribution in [2.75, 3.05) is 18.4 Å². The van der Waals surface area contributed by atoms with Crippen molar-refractivity contribution in [1.29, 1.82) is 0 Å². The molecule has 1 aromatic heterocycles. The maximum atomic E-state index is 12.3. The molecule has 1 amide bonds. The lowest BCUT2D eigenvalue weighted by atomic mass is 10.1. The van der Waals surface area contributed by atoms with Crippen LogP contribution in [0.2, 0.25) is 0 Å².